The third kappa shape index (κ3) is 20.3. The first kappa shape index (κ1) is 88.5. The lowest BCUT2D eigenvalue weighted by Crippen LogP contribution is -2.61. The van der Waals surface area contributed by atoms with E-state index in [0.717, 1.165) is 23.4 Å². The Labute approximate surface area is 649 Å². The van der Waals surface area contributed by atoms with E-state index in [9.17, 15) is 63.3 Å². The van der Waals surface area contributed by atoms with E-state index in [2.05, 4.69) is 0 Å². The second kappa shape index (κ2) is 38.7. The maximum absolute atomic E-state index is 14.9. The van der Waals surface area contributed by atoms with Crippen molar-refractivity contribution in [3.8, 4) is 0 Å². The molecule has 0 aromatic heterocycles. The minimum absolute atomic E-state index is 0.00527. The van der Waals surface area contributed by atoms with E-state index in [0.29, 0.717) is 81.9 Å². The molecule has 2 saturated carbocycles. The molecule has 0 aromatic rings. The minimum Gasteiger partial charge on any atom is -0.504 e. The molecule has 21 atom stereocenters. The molecule has 1 unspecified atom stereocenters. The van der Waals surface area contributed by atoms with Crippen molar-refractivity contribution >= 4 is 58.9 Å². The molecule has 4 heterocycles. The number of ketones is 4. The lowest BCUT2D eigenvalue weighted by Gasteiger charge is -2.54. The highest BCUT2D eigenvalue weighted by Crippen LogP contribution is 2.64. The van der Waals surface area contributed by atoms with Gasteiger partial charge in [0.2, 0.25) is 11.6 Å². The molecule has 8 rings (SSSR count). The van der Waals surface area contributed by atoms with Crippen LogP contribution in [0.5, 0.6) is 0 Å². The molecule has 5 fully saturated rings. The van der Waals surface area contributed by atoms with Gasteiger partial charge in [-0.05, 0) is 172 Å². The number of esters is 5. The molecule has 26 heteroatoms. The number of ether oxygens (including phenoxy) is 10. The van der Waals surface area contributed by atoms with Gasteiger partial charge in [-0.1, -0.05) is 78.0 Å². The second-order valence-electron chi connectivity index (χ2n) is 33.1. The number of carbonyl (C=O) groups excluding carboxylic acids is 10. The van der Waals surface area contributed by atoms with Crippen molar-refractivity contribution in [2.45, 2.75) is 258 Å². The van der Waals surface area contributed by atoms with Gasteiger partial charge in [0, 0.05) is 109 Å². The first-order chi connectivity index (χ1) is 52.0. The van der Waals surface area contributed by atoms with Crippen LogP contribution >= 0.6 is 0 Å². The van der Waals surface area contributed by atoms with Crippen LogP contribution in [0.15, 0.2) is 81.9 Å². The number of methoxy groups -OCH3 is 4. The fourth-order valence-corrected chi connectivity index (χ4v) is 18.3. The molecule has 612 valence electrons. The van der Waals surface area contributed by atoms with Gasteiger partial charge in [0.1, 0.15) is 54.6 Å². The largest absolute Gasteiger partial charge is 0.504 e. The summed E-state index contributed by atoms with van der Waals surface area (Å²) in [4.78, 5) is 147. The Bertz CT molecular complexity index is 3610. The van der Waals surface area contributed by atoms with Crippen molar-refractivity contribution in [2.75, 3.05) is 75.8 Å². The summed E-state index contributed by atoms with van der Waals surface area (Å²) in [5, 5.41) is 36.1. The quantitative estimate of drug-likeness (QED) is 0.0356. The highest BCUT2D eigenvalue weighted by molar-refractivity contribution is 6.39. The molecule has 1 amide bonds. The standard InChI is InChI=1S/C84H123N3O23/c1-47-24-19-18-20-25-48(2)62(102-15)42-56-29-27-53(7)84(100,110-56)78(96)79(97)87-37-22-21-26-59(87)81(99)107-63(43-60(89)49(3)39-52(6)74(93)77(104-17)73(92)51(5)38-47)50(4)40-55-28-31-61(64(41-55)103-16)106-68(90)33-34-69(91)108-66-32-30-58-70-72(65(105-54(8)88)44-82(58,66)9)83(10)67(46-101-14)109-80(98)57(71(83)76(95)75(70)94)45-86(13)36-23-35-85(11)12/h18-20,24-25,39,45,47,49-51,53,55-56,58-59,61-67,74,77,93,95,100H,21-23,26-38,40-44,46H2,1-17H3/b20-18+,24-19+,48-25+,52-39+,57-45+/t47-,49-,50-,51-,53-,55+,56+,58?,59+,61-,62+,63+,64-,65-,66+,67-,74-,77+,82+,83+,84-/m1/s1. The van der Waals surface area contributed by atoms with Crippen molar-refractivity contribution < 1.29 is 111 Å². The van der Waals surface area contributed by atoms with Crippen molar-refractivity contribution in [2.24, 2.45) is 52.3 Å². The van der Waals surface area contributed by atoms with Gasteiger partial charge in [0.25, 0.3) is 11.7 Å². The third-order valence-corrected chi connectivity index (χ3v) is 24.6. The summed E-state index contributed by atoms with van der Waals surface area (Å²) in [6, 6.07) is -1.26. The van der Waals surface area contributed by atoms with Crippen LogP contribution in [0.25, 0.3) is 0 Å². The summed E-state index contributed by atoms with van der Waals surface area (Å²) < 4.78 is 60.3. The molecule has 4 aliphatic heterocycles. The highest BCUT2D eigenvalue weighted by Gasteiger charge is 2.66. The monoisotopic (exact) mass is 1540 g/mol. The molecule has 3 saturated heterocycles. The second-order valence-corrected chi connectivity index (χ2v) is 33.1. The van der Waals surface area contributed by atoms with Gasteiger partial charge in [-0.15, -0.1) is 0 Å². The lowest BCUT2D eigenvalue weighted by atomic mass is 9.53. The fourth-order valence-electron chi connectivity index (χ4n) is 18.3. The van der Waals surface area contributed by atoms with Gasteiger partial charge in [-0.2, -0.15) is 0 Å². The van der Waals surface area contributed by atoms with Crippen LogP contribution < -0.4 is 0 Å². The van der Waals surface area contributed by atoms with Gasteiger partial charge in [-0.25, -0.2) is 9.59 Å². The van der Waals surface area contributed by atoms with Crippen LogP contribution in [-0.4, -0.2) is 238 Å². The average molecular weight is 1540 g/mol. The summed E-state index contributed by atoms with van der Waals surface area (Å²) >= 11 is 0. The first-order valence-corrected chi connectivity index (χ1v) is 39.5. The average Bonchev–Trinajstić information content (AvgIpc) is 1.08. The zero-order valence-corrected chi connectivity index (χ0v) is 67.8. The number of fused-ring (bicyclic) bond motifs is 7. The molecule has 0 spiro atoms. The number of allylic oxidation sites excluding steroid dienone is 7. The summed E-state index contributed by atoms with van der Waals surface area (Å²) in [5.41, 5.74) is -0.654. The van der Waals surface area contributed by atoms with Crippen LogP contribution in [0, 0.1) is 52.3 Å². The van der Waals surface area contributed by atoms with Gasteiger partial charge in [0.05, 0.1) is 48.7 Å². The third-order valence-electron chi connectivity index (χ3n) is 24.6. The number of cyclic esters (lactones) is 2. The number of hydrogen-bond donors (Lipinski definition) is 3. The number of aliphatic hydroxyl groups excluding tert-OH is 2. The van der Waals surface area contributed by atoms with Crippen molar-refractivity contribution in [3.63, 3.8) is 0 Å². The summed E-state index contributed by atoms with van der Waals surface area (Å²) in [6.07, 6.45) is 8.10. The predicted molar refractivity (Wildman–Crippen MR) is 405 cm³/mol. The topological polar surface area (TPSA) is 333 Å². The minimum atomic E-state index is -2.52. The van der Waals surface area contributed by atoms with Crippen molar-refractivity contribution in [3.05, 3.63) is 81.9 Å². The molecular formula is C84H123N3O23. The molecule has 110 heavy (non-hydrogen) atoms. The number of rotatable bonds is 19. The Kier molecular flexibility index (Phi) is 31.1. The van der Waals surface area contributed by atoms with Crippen LogP contribution in [-0.2, 0) is 95.3 Å². The SMILES string of the molecule is COC[C@H]1OC(=O)/C(=C/N(C)CCCN(C)C)C2=C(O)C(=O)C3=C([C@H](OC(C)=O)C[C@@]4(C)C3CC[C@@H]4OC(=O)CCC(=O)O[C@@H]3CC[C@@H](C[C@@H](C)[C@@H]4CC(=O)[C@H](C)/C=C(\C)[C@@H](O)[C@@H](OC)C(=O)[C@H](C)C[C@H](C)/C=C/C=C/C=C(\C)[C@@H](OC)C[C@@H]5CC[C@@H](C)[C@@](O)(O5)C(=O)C(=O)N5CCCC[C@H]5C(=O)O4)C[C@H]3OC)[C@]21C. The summed E-state index contributed by atoms with van der Waals surface area (Å²) in [5.74, 6) is -13.9. The van der Waals surface area contributed by atoms with Crippen molar-refractivity contribution in [1.29, 1.82) is 0 Å². The molecule has 3 N–H and O–H groups in total. The zero-order valence-electron chi connectivity index (χ0n) is 67.8. The number of aliphatic hydroxyl groups is 3. The molecular weight excluding hydrogens is 1420 g/mol. The van der Waals surface area contributed by atoms with E-state index in [-0.39, 0.29) is 98.2 Å². The predicted octanol–water partition coefficient (Wildman–Crippen LogP) is 9.21. The van der Waals surface area contributed by atoms with Gasteiger partial charge < -0.3 is 77.4 Å². The maximum Gasteiger partial charge on any atom is 0.340 e. The summed E-state index contributed by atoms with van der Waals surface area (Å²) in [7, 11) is 11.5. The maximum atomic E-state index is 14.9. The van der Waals surface area contributed by atoms with Gasteiger partial charge >= 0.3 is 29.8 Å². The molecule has 2 bridgehead atoms. The van der Waals surface area contributed by atoms with E-state index in [4.69, 9.17) is 47.4 Å². The Morgan fingerprint density at radius 3 is 2.15 bits per heavy atom. The van der Waals surface area contributed by atoms with Crippen LogP contribution in [0.2, 0.25) is 0 Å². The summed E-state index contributed by atoms with van der Waals surface area (Å²) in [6.45, 7) is 18.5. The Hall–Kier alpha value is -7.04. The molecule has 4 aliphatic carbocycles. The highest BCUT2D eigenvalue weighted by atomic mass is 16.6. The van der Waals surface area contributed by atoms with E-state index >= 15 is 0 Å². The van der Waals surface area contributed by atoms with E-state index in [1.807, 2.05) is 77.1 Å². The molecule has 26 nitrogen and oxygen atoms in total. The fraction of sp³-hybridized carbons (Fsp3) is 0.714. The number of carbonyl (C=O) groups is 10. The van der Waals surface area contributed by atoms with Crippen LogP contribution in [0.1, 0.15) is 185 Å². The lowest BCUT2D eigenvalue weighted by molar-refractivity contribution is -0.265. The number of hydrogen-bond acceptors (Lipinski definition) is 25. The Balaban J connectivity index is 0.960. The number of amides is 1. The van der Waals surface area contributed by atoms with Crippen molar-refractivity contribution in [1.82, 2.24) is 14.7 Å². The van der Waals surface area contributed by atoms with Gasteiger partial charge in [-0.3, -0.25) is 38.4 Å². The Morgan fingerprint density at radius 2 is 1.49 bits per heavy atom. The van der Waals surface area contributed by atoms with E-state index in [1.54, 1.807) is 66.0 Å². The normalized spacial score (nSPS) is 37.0. The number of nitrogens with zero attached hydrogens (tertiary/aromatic N) is 3. The van der Waals surface area contributed by atoms with Crippen LogP contribution in [0.3, 0.4) is 0 Å². The number of Topliss-reactive ketones (excluding diaryl/α,β-unsaturated/α-hetero) is 4. The van der Waals surface area contributed by atoms with Gasteiger partial charge in [0.15, 0.2) is 11.5 Å². The van der Waals surface area contributed by atoms with E-state index < -0.39 is 166 Å². The van der Waals surface area contributed by atoms with Crippen LogP contribution in [0.4, 0.5) is 0 Å². The smallest absolute Gasteiger partial charge is 0.340 e. The molecule has 0 radical (unpaired) electrons. The zero-order chi connectivity index (χ0) is 81.0. The van der Waals surface area contributed by atoms with E-state index in [1.165, 1.54) is 28.3 Å². The number of piperidine rings is 1. The Morgan fingerprint density at radius 1 is 0.782 bits per heavy atom. The molecule has 8 aliphatic rings. The molecule has 0 aromatic carbocycles. The first-order valence-electron chi connectivity index (χ1n) is 39.5.